The van der Waals surface area contributed by atoms with Crippen LogP contribution in [0.4, 0.5) is 11.8 Å². The molecule has 20 heavy (non-hydrogen) atoms. The average molecular weight is 290 g/mol. The molecule has 1 fully saturated rings. The molecule has 2 heterocycles. The van der Waals surface area contributed by atoms with Gasteiger partial charge in [0.2, 0.25) is 5.95 Å². The van der Waals surface area contributed by atoms with Crippen molar-refractivity contribution in [2.45, 2.75) is 52.0 Å². The number of nitrogens with zero attached hydrogens (tertiary/aromatic N) is 2. The van der Waals surface area contributed by atoms with Gasteiger partial charge in [-0.05, 0) is 31.7 Å². The van der Waals surface area contributed by atoms with Crippen LogP contribution in [0.5, 0.6) is 0 Å². The van der Waals surface area contributed by atoms with Gasteiger partial charge in [-0.15, -0.1) is 11.3 Å². The maximum atomic E-state index is 5.85. The van der Waals surface area contributed by atoms with Gasteiger partial charge in [-0.25, -0.2) is 4.98 Å². The second kappa shape index (κ2) is 5.56. The first-order valence-electron chi connectivity index (χ1n) is 7.47. The van der Waals surface area contributed by atoms with Crippen molar-refractivity contribution >= 4 is 33.3 Å². The van der Waals surface area contributed by atoms with Gasteiger partial charge in [0.05, 0.1) is 5.39 Å². The summed E-state index contributed by atoms with van der Waals surface area (Å²) in [5, 5.41) is 4.77. The molecule has 5 heteroatoms. The van der Waals surface area contributed by atoms with Crippen molar-refractivity contribution in [3.8, 4) is 0 Å². The molecular weight excluding hydrogens is 268 g/mol. The molecule has 1 aliphatic carbocycles. The lowest BCUT2D eigenvalue weighted by atomic mass is 9.83. The van der Waals surface area contributed by atoms with E-state index in [1.165, 1.54) is 37.0 Å². The Bertz CT molecular complexity index is 607. The summed E-state index contributed by atoms with van der Waals surface area (Å²) in [5.74, 6) is 2.03. The van der Waals surface area contributed by atoms with Crippen molar-refractivity contribution in [1.29, 1.82) is 0 Å². The van der Waals surface area contributed by atoms with Gasteiger partial charge < -0.3 is 11.1 Å². The monoisotopic (exact) mass is 290 g/mol. The second-order valence-electron chi connectivity index (χ2n) is 5.71. The van der Waals surface area contributed by atoms with Crippen LogP contribution in [0.1, 0.15) is 43.9 Å². The fourth-order valence-corrected chi connectivity index (χ4v) is 4.12. The van der Waals surface area contributed by atoms with Crippen LogP contribution in [0, 0.1) is 12.8 Å². The molecule has 0 spiro atoms. The normalized spacial score (nSPS) is 23.1. The number of hydrogen-bond acceptors (Lipinski definition) is 5. The molecule has 2 atom stereocenters. The quantitative estimate of drug-likeness (QED) is 0.898. The topological polar surface area (TPSA) is 63.8 Å². The van der Waals surface area contributed by atoms with Crippen LogP contribution in [0.25, 0.3) is 10.2 Å². The Morgan fingerprint density at radius 1 is 1.35 bits per heavy atom. The zero-order valence-electron chi connectivity index (χ0n) is 12.1. The van der Waals surface area contributed by atoms with Gasteiger partial charge in [-0.2, -0.15) is 4.98 Å². The Hall–Kier alpha value is -1.36. The van der Waals surface area contributed by atoms with Crippen molar-refractivity contribution in [2.75, 3.05) is 11.1 Å². The van der Waals surface area contributed by atoms with E-state index in [2.05, 4.69) is 35.2 Å². The molecule has 1 saturated carbocycles. The molecule has 2 aromatic rings. The van der Waals surface area contributed by atoms with Crippen LogP contribution in [0.15, 0.2) is 6.07 Å². The van der Waals surface area contributed by atoms with E-state index in [9.17, 15) is 0 Å². The number of aryl methyl sites for hydroxylation is 1. The summed E-state index contributed by atoms with van der Waals surface area (Å²) in [6.07, 6.45) is 6.44. The number of rotatable bonds is 3. The first kappa shape index (κ1) is 13.6. The largest absolute Gasteiger partial charge is 0.368 e. The number of anilines is 2. The average Bonchev–Trinajstić information content (AvgIpc) is 2.79. The van der Waals surface area contributed by atoms with Crippen LogP contribution in [-0.2, 0) is 0 Å². The minimum Gasteiger partial charge on any atom is -0.368 e. The third-order valence-electron chi connectivity index (χ3n) is 4.29. The Morgan fingerprint density at radius 2 is 2.15 bits per heavy atom. The zero-order valence-corrected chi connectivity index (χ0v) is 13.0. The van der Waals surface area contributed by atoms with E-state index in [1.54, 1.807) is 11.3 Å². The summed E-state index contributed by atoms with van der Waals surface area (Å²) >= 11 is 1.68. The highest BCUT2D eigenvalue weighted by atomic mass is 32.1. The van der Waals surface area contributed by atoms with Crippen molar-refractivity contribution in [1.82, 2.24) is 9.97 Å². The molecule has 4 nitrogen and oxygen atoms in total. The molecule has 1 aliphatic rings. The fourth-order valence-electron chi connectivity index (χ4n) is 3.23. The maximum Gasteiger partial charge on any atom is 0.223 e. The number of nitrogens with two attached hydrogens (primary N) is 1. The van der Waals surface area contributed by atoms with Gasteiger partial charge in [0.25, 0.3) is 0 Å². The summed E-state index contributed by atoms with van der Waals surface area (Å²) in [4.78, 5) is 11.0. The molecule has 0 amide bonds. The van der Waals surface area contributed by atoms with Gasteiger partial charge >= 0.3 is 0 Å². The molecule has 0 aromatic carbocycles. The minimum atomic E-state index is 0.366. The van der Waals surface area contributed by atoms with Gasteiger partial charge in [-0.1, -0.05) is 26.2 Å². The predicted octanol–water partition coefficient (Wildman–Crippen LogP) is 3.96. The number of hydrogen-bond donors (Lipinski definition) is 2. The summed E-state index contributed by atoms with van der Waals surface area (Å²) < 4.78 is 0. The highest BCUT2D eigenvalue weighted by Crippen LogP contribution is 2.33. The van der Waals surface area contributed by atoms with Crippen LogP contribution in [-0.4, -0.2) is 16.0 Å². The lowest BCUT2D eigenvalue weighted by Crippen LogP contribution is -2.32. The van der Waals surface area contributed by atoms with E-state index in [4.69, 9.17) is 5.73 Å². The lowest BCUT2D eigenvalue weighted by Gasteiger charge is -2.32. The SMILES string of the molecule is CCC1CCCCC1Nc1nc(N)nc2sc(C)cc12. The highest BCUT2D eigenvalue weighted by molar-refractivity contribution is 7.18. The standard InChI is InChI=1S/C15H22N4S/c1-3-10-6-4-5-7-12(10)17-13-11-8-9(2)20-14(11)19-15(16)18-13/h8,10,12H,3-7H2,1-2H3,(H3,16,17,18,19). The third-order valence-corrected chi connectivity index (χ3v) is 5.23. The first-order chi connectivity index (χ1) is 9.67. The summed E-state index contributed by atoms with van der Waals surface area (Å²) in [6, 6.07) is 2.68. The minimum absolute atomic E-state index is 0.366. The van der Waals surface area contributed by atoms with Crippen molar-refractivity contribution < 1.29 is 0 Å². The van der Waals surface area contributed by atoms with Gasteiger partial charge in [0.1, 0.15) is 10.6 Å². The van der Waals surface area contributed by atoms with Gasteiger partial charge in [0.15, 0.2) is 0 Å². The number of nitrogen functional groups attached to an aromatic ring is 1. The fraction of sp³-hybridized carbons (Fsp3) is 0.600. The molecule has 0 bridgehead atoms. The molecule has 3 N–H and O–H groups in total. The molecular formula is C15H22N4S. The summed E-state index contributed by atoms with van der Waals surface area (Å²) in [5.41, 5.74) is 5.85. The number of thiophene rings is 1. The number of nitrogens with one attached hydrogen (secondary N) is 1. The third kappa shape index (κ3) is 2.59. The molecule has 0 saturated heterocycles. The zero-order chi connectivity index (χ0) is 14.1. The van der Waals surface area contributed by atoms with Crippen LogP contribution in [0.3, 0.4) is 0 Å². The molecule has 0 aliphatic heterocycles. The maximum absolute atomic E-state index is 5.85. The van der Waals surface area contributed by atoms with Crippen molar-refractivity contribution in [3.05, 3.63) is 10.9 Å². The molecule has 3 rings (SSSR count). The Balaban J connectivity index is 1.93. The van der Waals surface area contributed by atoms with E-state index >= 15 is 0 Å². The highest BCUT2D eigenvalue weighted by Gasteiger charge is 2.24. The molecule has 2 aromatic heterocycles. The van der Waals surface area contributed by atoms with Crippen LogP contribution in [0.2, 0.25) is 0 Å². The Morgan fingerprint density at radius 3 is 2.95 bits per heavy atom. The Labute approximate surface area is 123 Å². The van der Waals surface area contributed by atoms with E-state index in [-0.39, 0.29) is 0 Å². The lowest BCUT2D eigenvalue weighted by molar-refractivity contribution is 0.317. The predicted molar refractivity (Wildman–Crippen MR) is 86.2 cm³/mol. The molecule has 0 radical (unpaired) electrons. The van der Waals surface area contributed by atoms with E-state index in [0.29, 0.717) is 12.0 Å². The van der Waals surface area contributed by atoms with Crippen molar-refractivity contribution in [3.63, 3.8) is 0 Å². The van der Waals surface area contributed by atoms with Crippen LogP contribution >= 0.6 is 11.3 Å². The summed E-state index contributed by atoms with van der Waals surface area (Å²) in [6.45, 7) is 4.38. The second-order valence-corrected chi connectivity index (χ2v) is 6.94. The van der Waals surface area contributed by atoms with E-state index < -0.39 is 0 Å². The van der Waals surface area contributed by atoms with Crippen molar-refractivity contribution in [2.24, 2.45) is 5.92 Å². The smallest absolute Gasteiger partial charge is 0.223 e. The van der Waals surface area contributed by atoms with Crippen LogP contribution < -0.4 is 11.1 Å². The van der Waals surface area contributed by atoms with Gasteiger partial charge in [-0.3, -0.25) is 0 Å². The number of aromatic nitrogens is 2. The van der Waals surface area contributed by atoms with Gasteiger partial charge in [0, 0.05) is 10.9 Å². The first-order valence-corrected chi connectivity index (χ1v) is 8.29. The summed E-state index contributed by atoms with van der Waals surface area (Å²) in [7, 11) is 0. The molecule has 2 unspecified atom stereocenters. The van der Waals surface area contributed by atoms with E-state index in [1.807, 2.05) is 0 Å². The number of fused-ring (bicyclic) bond motifs is 1. The van der Waals surface area contributed by atoms with E-state index in [0.717, 1.165) is 22.0 Å². The molecule has 108 valence electrons. The Kier molecular flexibility index (Phi) is 3.78.